The zero-order chi connectivity index (χ0) is 28.9. The smallest absolute Gasteiger partial charge is 0.259 e. The molecule has 0 bridgehead atoms. The lowest BCUT2D eigenvalue weighted by molar-refractivity contribution is -0.129. The zero-order valence-corrected chi connectivity index (χ0v) is 24.0. The molecule has 3 amide bonds. The van der Waals surface area contributed by atoms with E-state index in [1.165, 1.54) is 16.7 Å². The number of carbonyl (C=O) groups is 3. The third-order valence-corrected chi connectivity index (χ3v) is 8.53. The van der Waals surface area contributed by atoms with Crippen molar-refractivity contribution in [3.8, 4) is 0 Å². The average Bonchev–Trinajstić information content (AvgIpc) is 3.38. The molecule has 1 N–H and O–H groups in total. The number of hydrogen-bond acceptors (Lipinski definition) is 7. The third kappa shape index (κ3) is 6.08. The Kier molecular flexibility index (Phi) is 8.32. The predicted octanol–water partition coefficient (Wildman–Crippen LogP) is 3.82. The fraction of sp³-hybridized carbons (Fsp3) is 0.281. The standard InChI is InChI=1S/C32H32N6O3S/c39-28(33-21-23-9-3-1-4-10-23)16-15-27-31(41)38-30(34-27)25-13-7-8-14-26(25)35-32(38)42-22-29(40)37-19-17-36(18-20-37)24-11-5-2-6-12-24/h1-14,27H,15-22H2,(H,33,39). The summed E-state index contributed by atoms with van der Waals surface area (Å²) in [5, 5.41) is 3.36. The van der Waals surface area contributed by atoms with Gasteiger partial charge in [-0.2, -0.15) is 0 Å². The summed E-state index contributed by atoms with van der Waals surface area (Å²) in [5.74, 6) is 0.386. The molecule has 3 aliphatic rings. The van der Waals surface area contributed by atoms with E-state index in [1.54, 1.807) is 0 Å². The molecule has 3 aromatic carbocycles. The second-order valence-electron chi connectivity index (χ2n) is 10.3. The molecule has 9 nitrogen and oxygen atoms in total. The second kappa shape index (κ2) is 12.6. The highest BCUT2D eigenvalue weighted by Crippen LogP contribution is 2.34. The van der Waals surface area contributed by atoms with Crippen LogP contribution in [0.1, 0.15) is 24.0 Å². The first-order valence-electron chi connectivity index (χ1n) is 14.2. The van der Waals surface area contributed by atoms with Crippen molar-refractivity contribution >= 4 is 51.9 Å². The minimum absolute atomic E-state index is 0.0195. The highest BCUT2D eigenvalue weighted by atomic mass is 32.2. The van der Waals surface area contributed by atoms with Crippen LogP contribution in [-0.2, 0) is 20.9 Å². The summed E-state index contributed by atoms with van der Waals surface area (Å²) in [6.07, 6.45) is 0.479. The lowest BCUT2D eigenvalue weighted by Crippen LogP contribution is -2.49. The molecular formula is C32H32N6O3S. The maximum atomic E-state index is 13.6. The molecule has 0 aromatic heterocycles. The van der Waals surface area contributed by atoms with E-state index in [0.717, 1.165) is 29.9 Å². The number of rotatable bonds is 8. The summed E-state index contributed by atoms with van der Waals surface area (Å²) in [6, 6.07) is 26.8. The van der Waals surface area contributed by atoms with Crippen LogP contribution in [0.5, 0.6) is 0 Å². The van der Waals surface area contributed by atoms with Crippen molar-refractivity contribution in [1.29, 1.82) is 0 Å². The van der Waals surface area contributed by atoms with E-state index < -0.39 is 6.04 Å². The maximum absolute atomic E-state index is 13.6. The van der Waals surface area contributed by atoms with Crippen LogP contribution >= 0.6 is 11.8 Å². The molecule has 6 rings (SSSR count). The van der Waals surface area contributed by atoms with Crippen LogP contribution in [0.15, 0.2) is 94.9 Å². The molecule has 1 atom stereocenters. The molecule has 3 aliphatic heterocycles. The Morgan fingerprint density at radius 2 is 1.57 bits per heavy atom. The number of benzene rings is 3. The van der Waals surface area contributed by atoms with E-state index in [1.807, 2.05) is 77.7 Å². The summed E-state index contributed by atoms with van der Waals surface area (Å²) < 4.78 is 0. The van der Waals surface area contributed by atoms with Crippen LogP contribution in [-0.4, -0.2) is 76.5 Å². The molecule has 214 valence electrons. The SMILES string of the molecule is O=C(CCC1N=C2c3ccccc3N=C(SCC(=O)N3CCN(c4ccccc4)CC3)N2C1=O)NCc1ccccc1. The minimum Gasteiger partial charge on any atom is -0.368 e. The Balaban J connectivity index is 1.07. The van der Waals surface area contributed by atoms with Gasteiger partial charge >= 0.3 is 0 Å². The number of hydrogen-bond donors (Lipinski definition) is 1. The van der Waals surface area contributed by atoms with Gasteiger partial charge in [0.25, 0.3) is 5.91 Å². The lowest BCUT2D eigenvalue weighted by atomic mass is 10.1. The Hall–Kier alpha value is -4.44. The maximum Gasteiger partial charge on any atom is 0.259 e. The molecule has 10 heteroatoms. The van der Waals surface area contributed by atoms with Gasteiger partial charge in [-0.1, -0.05) is 72.4 Å². The highest BCUT2D eigenvalue weighted by molar-refractivity contribution is 8.14. The van der Waals surface area contributed by atoms with Gasteiger partial charge in [0.15, 0.2) is 5.17 Å². The van der Waals surface area contributed by atoms with Gasteiger partial charge in [-0.05, 0) is 36.2 Å². The molecular weight excluding hydrogens is 548 g/mol. The van der Waals surface area contributed by atoms with E-state index in [9.17, 15) is 14.4 Å². The number of aliphatic imine (C=N–C) groups is 2. The Labute approximate surface area is 249 Å². The van der Waals surface area contributed by atoms with Crippen LogP contribution in [0.3, 0.4) is 0 Å². The van der Waals surface area contributed by atoms with Crippen molar-refractivity contribution in [3.63, 3.8) is 0 Å². The quantitative estimate of drug-likeness (QED) is 0.437. The monoisotopic (exact) mass is 580 g/mol. The normalized spacial score (nSPS) is 17.8. The van der Waals surface area contributed by atoms with E-state index in [-0.39, 0.29) is 29.9 Å². The van der Waals surface area contributed by atoms with Gasteiger partial charge in [0.2, 0.25) is 11.8 Å². The van der Waals surface area contributed by atoms with Gasteiger partial charge in [0.1, 0.15) is 11.9 Å². The number of piperazine rings is 1. The first-order chi connectivity index (χ1) is 20.6. The van der Waals surface area contributed by atoms with Crippen molar-refractivity contribution in [2.45, 2.75) is 25.4 Å². The molecule has 3 heterocycles. The van der Waals surface area contributed by atoms with Gasteiger partial charge in [-0.25, -0.2) is 9.89 Å². The van der Waals surface area contributed by atoms with Crippen LogP contribution in [0.25, 0.3) is 0 Å². The van der Waals surface area contributed by atoms with Crippen molar-refractivity contribution in [2.75, 3.05) is 36.8 Å². The average molecular weight is 581 g/mol. The summed E-state index contributed by atoms with van der Waals surface area (Å²) in [6.45, 7) is 3.28. The summed E-state index contributed by atoms with van der Waals surface area (Å²) in [7, 11) is 0. The van der Waals surface area contributed by atoms with Gasteiger partial charge < -0.3 is 15.1 Å². The number of carbonyl (C=O) groups excluding carboxylic acids is 3. The van der Waals surface area contributed by atoms with Gasteiger partial charge in [0, 0.05) is 50.4 Å². The number of fused-ring (bicyclic) bond motifs is 3. The van der Waals surface area contributed by atoms with Crippen LogP contribution in [0.2, 0.25) is 0 Å². The molecule has 1 saturated heterocycles. The van der Waals surface area contributed by atoms with Gasteiger partial charge in [0.05, 0.1) is 11.4 Å². The van der Waals surface area contributed by atoms with Gasteiger partial charge in [-0.3, -0.25) is 19.4 Å². The van der Waals surface area contributed by atoms with Crippen molar-refractivity contribution in [2.24, 2.45) is 9.98 Å². The van der Waals surface area contributed by atoms with E-state index >= 15 is 0 Å². The molecule has 0 saturated carbocycles. The largest absolute Gasteiger partial charge is 0.368 e. The van der Waals surface area contributed by atoms with E-state index in [4.69, 9.17) is 9.98 Å². The first kappa shape index (κ1) is 27.7. The van der Waals surface area contributed by atoms with E-state index in [2.05, 4.69) is 22.3 Å². The number of amidine groups is 2. The van der Waals surface area contributed by atoms with Crippen LogP contribution in [0.4, 0.5) is 11.4 Å². The van der Waals surface area contributed by atoms with Gasteiger partial charge in [-0.15, -0.1) is 0 Å². The zero-order valence-electron chi connectivity index (χ0n) is 23.2. The van der Waals surface area contributed by atoms with E-state index in [0.29, 0.717) is 42.7 Å². The number of anilines is 1. The number of nitrogens with zero attached hydrogens (tertiary/aromatic N) is 5. The fourth-order valence-electron chi connectivity index (χ4n) is 5.31. The molecule has 42 heavy (non-hydrogen) atoms. The Morgan fingerprint density at radius 3 is 2.33 bits per heavy atom. The summed E-state index contributed by atoms with van der Waals surface area (Å²) >= 11 is 1.26. The number of para-hydroxylation sites is 2. The number of nitrogens with one attached hydrogen (secondary N) is 1. The molecule has 3 aromatic rings. The van der Waals surface area contributed by atoms with Crippen molar-refractivity contribution in [3.05, 3.63) is 96.1 Å². The van der Waals surface area contributed by atoms with Crippen LogP contribution in [0, 0.1) is 0 Å². The Bertz CT molecular complexity index is 1520. The molecule has 0 radical (unpaired) electrons. The first-order valence-corrected chi connectivity index (χ1v) is 15.2. The minimum atomic E-state index is -0.679. The molecule has 1 unspecified atom stereocenters. The number of thioether (sulfide) groups is 1. The summed E-state index contributed by atoms with van der Waals surface area (Å²) in [4.78, 5) is 54.4. The molecule has 1 fully saturated rings. The topological polar surface area (TPSA) is 97.7 Å². The van der Waals surface area contributed by atoms with Crippen molar-refractivity contribution < 1.29 is 14.4 Å². The molecule has 0 aliphatic carbocycles. The Morgan fingerprint density at radius 1 is 0.881 bits per heavy atom. The summed E-state index contributed by atoms with van der Waals surface area (Å²) in [5.41, 5.74) is 3.67. The number of amides is 3. The second-order valence-corrected chi connectivity index (χ2v) is 11.3. The third-order valence-electron chi connectivity index (χ3n) is 7.60. The van der Waals surface area contributed by atoms with Crippen LogP contribution < -0.4 is 10.2 Å². The molecule has 0 spiro atoms. The fourth-order valence-corrected chi connectivity index (χ4v) is 6.21. The highest BCUT2D eigenvalue weighted by Gasteiger charge is 2.41. The van der Waals surface area contributed by atoms with Crippen molar-refractivity contribution in [1.82, 2.24) is 15.1 Å². The predicted molar refractivity (Wildman–Crippen MR) is 166 cm³/mol. The lowest BCUT2D eigenvalue weighted by Gasteiger charge is -2.36.